The van der Waals surface area contributed by atoms with Gasteiger partial charge in [-0.25, -0.2) is 14.8 Å². The minimum absolute atomic E-state index is 0.135. The van der Waals surface area contributed by atoms with Crippen LogP contribution in [0.5, 0.6) is 11.5 Å². The number of amidine groups is 1. The average Bonchev–Trinajstić information content (AvgIpc) is 3.26. The number of benzene rings is 2. The lowest BCUT2D eigenvalue weighted by Crippen LogP contribution is -2.65. The number of amides is 3. The highest BCUT2D eigenvalue weighted by molar-refractivity contribution is 6.04. The summed E-state index contributed by atoms with van der Waals surface area (Å²) in [4.78, 5) is 42.4. The summed E-state index contributed by atoms with van der Waals surface area (Å²) in [5.74, 6) is 2.51. The number of carbonyl (C=O) groups is 2. The lowest BCUT2D eigenvalue weighted by Gasteiger charge is -2.38. The number of nitrogens with one attached hydrogen (secondary N) is 2. The van der Waals surface area contributed by atoms with Gasteiger partial charge in [-0.05, 0) is 18.4 Å². The van der Waals surface area contributed by atoms with Crippen molar-refractivity contribution in [3.05, 3.63) is 53.9 Å². The summed E-state index contributed by atoms with van der Waals surface area (Å²) in [5.41, 5.74) is 2.68. The van der Waals surface area contributed by atoms with Crippen molar-refractivity contribution in [2.24, 2.45) is 4.99 Å². The number of imide groups is 1. The maximum Gasteiger partial charge on any atom is 0.326 e. The molecule has 0 radical (unpaired) electrons. The Morgan fingerprint density at radius 2 is 1.85 bits per heavy atom. The highest BCUT2D eigenvalue weighted by Gasteiger charge is 2.53. The number of aromatic amines is 1. The molecular weight excluding hydrogens is 436 g/mol. The zero-order valence-corrected chi connectivity index (χ0v) is 18.2. The van der Waals surface area contributed by atoms with Gasteiger partial charge in [0.15, 0.2) is 23.7 Å². The molecular formula is C24H22N6O4. The van der Waals surface area contributed by atoms with E-state index in [1.165, 1.54) is 0 Å². The number of nitrogens with zero attached hydrogens (tertiary/aromatic N) is 4. The normalized spacial score (nSPS) is 23.4. The van der Waals surface area contributed by atoms with Gasteiger partial charge in [-0.15, -0.1) is 0 Å². The quantitative estimate of drug-likeness (QED) is 0.606. The number of aliphatic imine (C=N–C) groups is 1. The highest BCUT2D eigenvalue weighted by atomic mass is 16.7. The molecule has 3 amide bonds. The second-order valence-corrected chi connectivity index (χ2v) is 9.03. The van der Waals surface area contributed by atoms with E-state index in [9.17, 15) is 9.59 Å². The summed E-state index contributed by atoms with van der Waals surface area (Å²) in [6.07, 6.45) is 1.75. The second-order valence-electron chi connectivity index (χ2n) is 9.03. The number of rotatable bonds is 5. The molecule has 1 saturated carbocycles. The van der Waals surface area contributed by atoms with Gasteiger partial charge in [0.25, 0.3) is 5.91 Å². The van der Waals surface area contributed by atoms with Gasteiger partial charge < -0.3 is 19.4 Å². The molecule has 10 nitrogen and oxygen atoms in total. The van der Waals surface area contributed by atoms with Crippen LogP contribution in [0.3, 0.4) is 0 Å². The fourth-order valence-corrected chi connectivity index (χ4v) is 5.01. The number of hydrogen-bond donors (Lipinski definition) is 2. The predicted molar refractivity (Wildman–Crippen MR) is 121 cm³/mol. The Hall–Kier alpha value is -4.08. The van der Waals surface area contributed by atoms with Crippen molar-refractivity contribution >= 4 is 28.8 Å². The zero-order chi connectivity index (χ0) is 22.8. The van der Waals surface area contributed by atoms with Gasteiger partial charge in [-0.3, -0.25) is 15.0 Å². The molecule has 0 bridgehead atoms. The molecule has 2 atom stereocenters. The van der Waals surface area contributed by atoms with E-state index in [-0.39, 0.29) is 24.8 Å². The molecule has 1 saturated heterocycles. The first-order chi connectivity index (χ1) is 16.6. The Kier molecular flexibility index (Phi) is 4.11. The van der Waals surface area contributed by atoms with E-state index in [1.807, 2.05) is 47.4 Å². The SMILES string of the molecule is O=C1NC(=O)N(C2CC2)C2N=C(Cc3nc4cc5c(cc4[nH]3)OCO5)N(Cc3ccccc3)C12. The number of hydrogen-bond acceptors (Lipinski definition) is 7. The van der Waals surface area contributed by atoms with Crippen LogP contribution >= 0.6 is 0 Å². The van der Waals surface area contributed by atoms with Crippen LogP contribution in [0.4, 0.5) is 4.79 Å². The molecule has 1 aliphatic carbocycles. The third-order valence-electron chi connectivity index (χ3n) is 6.74. The Morgan fingerprint density at radius 3 is 2.65 bits per heavy atom. The van der Waals surface area contributed by atoms with Crippen molar-refractivity contribution in [2.75, 3.05) is 6.79 Å². The van der Waals surface area contributed by atoms with E-state index < -0.39 is 12.2 Å². The molecule has 2 N–H and O–H groups in total. The van der Waals surface area contributed by atoms with Crippen molar-refractivity contribution < 1.29 is 19.1 Å². The van der Waals surface area contributed by atoms with Crippen LogP contribution < -0.4 is 14.8 Å². The Labute approximate surface area is 194 Å². The zero-order valence-electron chi connectivity index (χ0n) is 18.2. The highest BCUT2D eigenvalue weighted by Crippen LogP contribution is 2.37. The average molecular weight is 458 g/mol. The molecule has 4 aliphatic rings. The van der Waals surface area contributed by atoms with Crippen molar-refractivity contribution in [2.45, 2.75) is 44.1 Å². The van der Waals surface area contributed by atoms with Crippen LogP contribution in [0.25, 0.3) is 11.0 Å². The van der Waals surface area contributed by atoms with E-state index in [0.29, 0.717) is 24.5 Å². The topological polar surface area (TPSA) is 112 Å². The fraction of sp³-hybridized carbons (Fsp3) is 0.333. The first-order valence-electron chi connectivity index (χ1n) is 11.4. The van der Waals surface area contributed by atoms with Gasteiger partial charge in [0, 0.05) is 24.7 Å². The number of fused-ring (bicyclic) bond motifs is 3. The number of aromatic nitrogens is 2. The Balaban J connectivity index is 1.25. The van der Waals surface area contributed by atoms with E-state index in [4.69, 9.17) is 19.5 Å². The van der Waals surface area contributed by atoms with E-state index in [0.717, 1.165) is 41.1 Å². The minimum Gasteiger partial charge on any atom is -0.454 e. The lowest BCUT2D eigenvalue weighted by atomic mass is 10.1. The fourth-order valence-electron chi connectivity index (χ4n) is 5.01. The summed E-state index contributed by atoms with van der Waals surface area (Å²) in [7, 11) is 0. The van der Waals surface area contributed by atoms with Crippen LogP contribution in [0.1, 0.15) is 24.2 Å². The third kappa shape index (κ3) is 3.09. The van der Waals surface area contributed by atoms with E-state index in [1.54, 1.807) is 4.90 Å². The van der Waals surface area contributed by atoms with Gasteiger partial charge in [-0.2, -0.15) is 0 Å². The number of H-pyrrole nitrogens is 1. The molecule has 172 valence electrons. The molecule has 3 aromatic rings. The van der Waals surface area contributed by atoms with Crippen LogP contribution in [-0.4, -0.2) is 62.6 Å². The standard InChI is InChI=1S/C24H22N6O4/c31-23-21-22(30(14-6-7-14)24(32)28-23)27-20(29(21)11-13-4-2-1-3-5-13)10-19-25-15-8-17-18(34-12-33-17)9-16(15)26-19/h1-5,8-9,14,21-22H,6-7,10-12H2,(H,25,26)(H,28,31,32). The summed E-state index contributed by atoms with van der Waals surface area (Å²) in [6.45, 7) is 0.721. The van der Waals surface area contributed by atoms with Crippen molar-refractivity contribution in [3.63, 3.8) is 0 Å². The molecule has 2 unspecified atom stereocenters. The van der Waals surface area contributed by atoms with Crippen LogP contribution in [0.15, 0.2) is 47.5 Å². The summed E-state index contributed by atoms with van der Waals surface area (Å²) >= 11 is 0. The van der Waals surface area contributed by atoms with Gasteiger partial charge in [-0.1, -0.05) is 30.3 Å². The third-order valence-corrected chi connectivity index (χ3v) is 6.74. The smallest absolute Gasteiger partial charge is 0.326 e. The van der Waals surface area contributed by atoms with Gasteiger partial charge >= 0.3 is 6.03 Å². The van der Waals surface area contributed by atoms with Crippen LogP contribution in [0.2, 0.25) is 0 Å². The molecule has 2 aromatic carbocycles. The summed E-state index contributed by atoms with van der Waals surface area (Å²) in [6, 6.07) is 12.9. The molecule has 1 aromatic heterocycles. The van der Waals surface area contributed by atoms with Gasteiger partial charge in [0.1, 0.15) is 11.7 Å². The molecule has 34 heavy (non-hydrogen) atoms. The second kappa shape index (κ2) is 7.21. The van der Waals surface area contributed by atoms with Crippen molar-refractivity contribution in [1.82, 2.24) is 25.1 Å². The Morgan fingerprint density at radius 1 is 1.06 bits per heavy atom. The maximum absolute atomic E-state index is 13.0. The van der Waals surface area contributed by atoms with Crippen LogP contribution in [0, 0.1) is 0 Å². The number of carbonyl (C=O) groups excluding carboxylic acids is 2. The first kappa shape index (κ1) is 19.4. The largest absolute Gasteiger partial charge is 0.454 e. The van der Waals surface area contributed by atoms with E-state index >= 15 is 0 Å². The van der Waals surface area contributed by atoms with Crippen LogP contribution in [-0.2, 0) is 17.8 Å². The monoisotopic (exact) mass is 458 g/mol. The first-order valence-corrected chi connectivity index (χ1v) is 11.4. The molecule has 0 spiro atoms. The molecule has 2 fully saturated rings. The molecule has 3 aliphatic heterocycles. The lowest BCUT2D eigenvalue weighted by molar-refractivity contribution is -0.127. The van der Waals surface area contributed by atoms with Crippen molar-refractivity contribution in [3.8, 4) is 11.5 Å². The number of ether oxygens (including phenoxy) is 2. The number of imidazole rings is 1. The minimum atomic E-state index is -0.566. The van der Waals surface area contributed by atoms with Crippen molar-refractivity contribution in [1.29, 1.82) is 0 Å². The predicted octanol–water partition coefficient (Wildman–Crippen LogP) is 2.16. The summed E-state index contributed by atoms with van der Waals surface area (Å²) in [5, 5.41) is 2.55. The van der Waals surface area contributed by atoms with E-state index in [2.05, 4.69) is 10.3 Å². The molecule has 4 heterocycles. The summed E-state index contributed by atoms with van der Waals surface area (Å²) < 4.78 is 10.9. The van der Waals surface area contributed by atoms with Gasteiger partial charge in [0.2, 0.25) is 6.79 Å². The Bertz CT molecular complexity index is 1310. The van der Waals surface area contributed by atoms with Gasteiger partial charge in [0.05, 0.1) is 17.5 Å². The molecule has 7 rings (SSSR count). The molecule has 10 heteroatoms. The number of urea groups is 1. The maximum atomic E-state index is 13.0.